The van der Waals surface area contributed by atoms with Crippen LogP contribution in [0.15, 0.2) is 59.0 Å². The summed E-state index contributed by atoms with van der Waals surface area (Å²) in [7, 11) is 0. The number of piperidine rings is 1. The SMILES string of the molecule is CCOC(=O)[C@@H]1CCCN(c2nc(-c3ccccc3)nc3c2oc2ccccc23)C1. The molecule has 0 bridgehead atoms. The molecule has 3 heterocycles. The maximum atomic E-state index is 12.4. The lowest BCUT2D eigenvalue weighted by Gasteiger charge is -2.32. The molecule has 0 radical (unpaired) electrons. The van der Waals surface area contributed by atoms with Crippen LogP contribution in [0.25, 0.3) is 33.5 Å². The van der Waals surface area contributed by atoms with E-state index < -0.39 is 0 Å². The van der Waals surface area contributed by atoms with Gasteiger partial charge in [-0.3, -0.25) is 4.79 Å². The second kappa shape index (κ2) is 7.78. The second-order valence-corrected chi connectivity index (χ2v) is 7.55. The molecule has 2 aromatic carbocycles. The van der Waals surface area contributed by atoms with Gasteiger partial charge in [-0.15, -0.1) is 0 Å². The van der Waals surface area contributed by atoms with Gasteiger partial charge in [0, 0.05) is 24.0 Å². The number of anilines is 1. The first-order valence-corrected chi connectivity index (χ1v) is 10.4. The third-order valence-corrected chi connectivity index (χ3v) is 5.57. The van der Waals surface area contributed by atoms with Crippen molar-refractivity contribution in [3.8, 4) is 11.4 Å². The van der Waals surface area contributed by atoms with Crippen LogP contribution in [0.5, 0.6) is 0 Å². The number of hydrogen-bond donors (Lipinski definition) is 0. The number of benzene rings is 2. The fourth-order valence-electron chi connectivity index (χ4n) is 4.13. The predicted molar refractivity (Wildman–Crippen MR) is 116 cm³/mol. The number of aromatic nitrogens is 2. The van der Waals surface area contributed by atoms with Crippen LogP contribution in [0, 0.1) is 5.92 Å². The van der Waals surface area contributed by atoms with Gasteiger partial charge in [0.05, 0.1) is 12.5 Å². The van der Waals surface area contributed by atoms with Crippen LogP contribution in [0.4, 0.5) is 5.82 Å². The van der Waals surface area contributed by atoms with Crippen molar-refractivity contribution in [2.75, 3.05) is 24.6 Å². The van der Waals surface area contributed by atoms with E-state index in [0.29, 0.717) is 24.6 Å². The van der Waals surface area contributed by atoms with Crippen LogP contribution in [0.1, 0.15) is 19.8 Å². The molecule has 4 aromatic rings. The van der Waals surface area contributed by atoms with Gasteiger partial charge >= 0.3 is 5.97 Å². The first kappa shape index (κ1) is 18.6. The minimum atomic E-state index is -0.159. The molecule has 0 saturated carbocycles. The lowest BCUT2D eigenvalue weighted by Crippen LogP contribution is -2.40. The maximum Gasteiger partial charge on any atom is 0.310 e. The van der Waals surface area contributed by atoms with E-state index in [1.807, 2.05) is 61.5 Å². The number of ether oxygens (including phenoxy) is 1. The van der Waals surface area contributed by atoms with Crippen LogP contribution < -0.4 is 4.90 Å². The first-order chi connectivity index (χ1) is 14.7. The summed E-state index contributed by atoms with van der Waals surface area (Å²) in [5.74, 6) is 1.10. The zero-order chi connectivity index (χ0) is 20.5. The van der Waals surface area contributed by atoms with Gasteiger partial charge in [-0.2, -0.15) is 0 Å². The van der Waals surface area contributed by atoms with Crippen LogP contribution in [-0.2, 0) is 9.53 Å². The van der Waals surface area contributed by atoms with Gasteiger partial charge < -0.3 is 14.1 Å². The summed E-state index contributed by atoms with van der Waals surface area (Å²) in [6, 6.07) is 17.8. The Morgan fingerprint density at radius 2 is 1.93 bits per heavy atom. The molecule has 6 heteroatoms. The zero-order valence-corrected chi connectivity index (χ0v) is 16.9. The van der Waals surface area contributed by atoms with Crippen LogP contribution in [0.3, 0.4) is 0 Å². The van der Waals surface area contributed by atoms with E-state index in [1.54, 1.807) is 0 Å². The van der Waals surface area contributed by atoms with Gasteiger partial charge in [-0.25, -0.2) is 9.97 Å². The topological polar surface area (TPSA) is 68.5 Å². The van der Waals surface area contributed by atoms with E-state index in [1.165, 1.54) is 0 Å². The molecule has 1 saturated heterocycles. The molecule has 6 nitrogen and oxygen atoms in total. The highest BCUT2D eigenvalue weighted by Crippen LogP contribution is 2.36. The lowest BCUT2D eigenvalue weighted by atomic mass is 9.98. The molecular weight excluding hydrogens is 378 g/mol. The lowest BCUT2D eigenvalue weighted by molar-refractivity contribution is -0.148. The third kappa shape index (κ3) is 3.28. The minimum Gasteiger partial charge on any atom is -0.466 e. The van der Waals surface area contributed by atoms with Crippen molar-refractivity contribution in [1.29, 1.82) is 0 Å². The maximum absolute atomic E-state index is 12.4. The fourth-order valence-corrected chi connectivity index (χ4v) is 4.13. The Morgan fingerprint density at radius 1 is 1.13 bits per heavy atom. The van der Waals surface area contributed by atoms with E-state index in [4.69, 9.17) is 19.1 Å². The summed E-state index contributed by atoms with van der Waals surface area (Å²) in [6.45, 7) is 3.62. The van der Waals surface area contributed by atoms with Crippen molar-refractivity contribution in [3.63, 3.8) is 0 Å². The highest BCUT2D eigenvalue weighted by Gasteiger charge is 2.30. The number of carbonyl (C=O) groups excluding carboxylic acids is 1. The monoisotopic (exact) mass is 401 g/mol. The van der Waals surface area contributed by atoms with Gasteiger partial charge in [0.25, 0.3) is 0 Å². The van der Waals surface area contributed by atoms with E-state index >= 15 is 0 Å². The van der Waals surface area contributed by atoms with Gasteiger partial charge in [0.1, 0.15) is 11.1 Å². The van der Waals surface area contributed by atoms with Crippen molar-refractivity contribution < 1.29 is 13.9 Å². The van der Waals surface area contributed by atoms with Crippen molar-refractivity contribution >= 4 is 33.9 Å². The molecule has 0 spiro atoms. The molecule has 1 aliphatic rings. The Bertz CT molecular complexity index is 1200. The molecule has 1 aliphatic heterocycles. The number of esters is 1. The highest BCUT2D eigenvalue weighted by atomic mass is 16.5. The van der Waals surface area contributed by atoms with Crippen LogP contribution >= 0.6 is 0 Å². The standard InChI is InChI=1S/C24H23N3O3/c1-2-29-24(28)17-11-8-14-27(15-17)23-21-20(18-12-6-7-13-19(18)30-21)25-22(26-23)16-9-4-3-5-10-16/h3-7,9-10,12-13,17H,2,8,11,14-15H2,1H3/t17-/m1/s1. The highest BCUT2D eigenvalue weighted by molar-refractivity contribution is 6.06. The minimum absolute atomic E-state index is 0.139. The number of fused-ring (bicyclic) bond motifs is 3. The number of carbonyl (C=O) groups is 1. The van der Waals surface area contributed by atoms with E-state index in [-0.39, 0.29) is 11.9 Å². The summed E-state index contributed by atoms with van der Waals surface area (Å²) < 4.78 is 11.5. The van der Waals surface area contributed by atoms with Gasteiger partial charge in [-0.05, 0) is 31.9 Å². The molecule has 30 heavy (non-hydrogen) atoms. The van der Waals surface area contributed by atoms with E-state index in [9.17, 15) is 4.79 Å². The first-order valence-electron chi connectivity index (χ1n) is 10.4. The van der Waals surface area contributed by atoms with E-state index in [0.717, 1.165) is 47.3 Å². The average Bonchev–Trinajstić information content (AvgIpc) is 3.18. The van der Waals surface area contributed by atoms with Crippen molar-refractivity contribution in [2.24, 2.45) is 5.92 Å². The smallest absolute Gasteiger partial charge is 0.310 e. The third-order valence-electron chi connectivity index (χ3n) is 5.57. The van der Waals surface area contributed by atoms with Gasteiger partial charge in [0.15, 0.2) is 17.2 Å². The van der Waals surface area contributed by atoms with E-state index in [2.05, 4.69) is 4.90 Å². The quantitative estimate of drug-likeness (QED) is 0.457. The van der Waals surface area contributed by atoms with Gasteiger partial charge in [0.2, 0.25) is 0 Å². The molecule has 0 amide bonds. The fraction of sp³-hybridized carbons (Fsp3) is 0.292. The number of hydrogen-bond acceptors (Lipinski definition) is 6. The molecular formula is C24H23N3O3. The largest absolute Gasteiger partial charge is 0.466 e. The Kier molecular flexibility index (Phi) is 4.83. The predicted octanol–water partition coefficient (Wildman–Crippen LogP) is 4.82. The molecule has 0 aliphatic carbocycles. The molecule has 5 rings (SSSR count). The Balaban J connectivity index is 1.65. The van der Waals surface area contributed by atoms with Crippen molar-refractivity contribution in [2.45, 2.75) is 19.8 Å². The Morgan fingerprint density at radius 3 is 2.77 bits per heavy atom. The molecule has 1 fully saturated rings. The molecule has 0 unspecified atom stereocenters. The van der Waals surface area contributed by atoms with Gasteiger partial charge in [-0.1, -0.05) is 42.5 Å². The summed E-state index contributed by atoms with van der Waals surface area (Å²) in [5.41, 5.74) is 3.20. The number of nitrogens with zero attached hydrogens (tertiary/aromatic N) is 3. The average molecular weight is 401 g/mol. The molecule has 1 atom stereocenters. The number of furan rings is 1. The number of rotatable bonds is 4. The normalized spacial score (nSPS) is 16.8. The van der Waals surface area contributed by atoms with Crippen LogP contribution in [-0.4, -0.2) is 35.6 Å². The second-order valence-electron chi connectivity index (χ2n) is 7.55. The summed E-state index contributed by atoms with van der Waals surface area (Å²) in [6.07, 6.45) is 1.73. The summed E-state index contributed by atoms with van der Waals surface area (Å²) in [4.78, 5) is 24.3. The molecule has 0 N–H and O–H groups in total. The van der Waals surface area contributed by atoms with Crippen molar-refractivity contribution in [1.82, 2.24) is 9.97 Å². The molecule has 152 valence electrons. The van der Waals surface area contributed by atoms with Crippen molar-refractivity contribution in [3.05, 3.63) is 54.6 Å². The zero-order valence-electron chi connectivity index (χ0n) is 16.9. The summed E-state index contributed by atoms with van der Waals surface area (Å²) >= 11 is 0. The Labute approximate surface area is 174 Å². The molecule has 2 aromatic heterocycles. The summed E-state index contributed by atoms with van der Waals surface area (Å²) in [5, 5.41) is 0.965. The Hall–Kier alpha value is -3.41. The number of para-hydroxylation sites is 1. The van der Waals surface area contributed by atoms with Crippen LogP contribution in [0.2, 0.25) is 0 Å².